The molecule has 0 aliphatic carbocycles. The Morgan fingerprint density at radius 1 is 1.00 bits per heavy atom. The number of nitrogens with one attached hydrogen (secondary N) is 1. The van der Waals surface area contributed by atoms with Crippen LogP contribution in [0.5, 0.6) is 5.75 Å². The monoisotopic (exact) mass is 366 g/mol. The largest absolute Gasteiger partial charge is 0.480 e. The zero-order chi connectivity index (χ0) is 19.4. The van der Waals surface area contributed by atoms with Crippen molar-refractivity contribution in [3.63, 3.8) is 0 Å². The minimum atomic E-state index is -0.681. The van der Waals surface area contributed by atoms with Crippen LogP contribution in [0, 0.1) is 13.8 Å². The molecule has 2 aromatic rings. The molecule has 27 heavy (non-hydrogen) atoms. The summed E-state index contributed by atoms with van der Waals surface area (Å²) in [5.41, 5.74) is 3.02. The van der Waals surface area contributed by atoms with Gasteiger partial charge in [0.15, 0.2) is 6.10 Å². The molecule has 1 atom stereocenters. The van der Waals surface area contributed by atoms with E-state index in [1.165, 1.54) is 0 Å². The molecule has 0 saturated carbocycles. The lowest BCUT2D eigenvalue weighted by Gasteiger charge is -2.20. The van der Waals surface area contributed by atoms with Crippen LogP contribution in [-0.2, 0) is 4.79 Å². The Morgan fingerprint density at radius 2 is 1.63 bits per heavy atom. The first kappa shape index (κ1) is 19.0. The molecule has 1 heterocycles. The third kappa shape index (κ3) is 4.30. The Kier molecular flexibility index (Phi) is 5.79. The maximum atomic E-state index is 12.7. The molecule has 1 saturated heterocycles. The highest BCUT2D eigenvalue weighted by Crippen LogP contribution is 2.25. The highest BCUT2D eigenvalue weighted by molar-refractivity contribution is 6.04. The fourth-order valence-electron chi connectivity index (χ4n) is 3.32. The number of carbonyl (C=O) groups excluding carboxylic acids is 2. The average Bonchev–Trinajstić information content (AvgIpc) is 3.19. The maximum Gasteiger partial charge on any atom is 0.265 e. The summed E-state index contributed by atoms with van der Waals surface area (Å²) in [6, 6.07) is 13.0. The summed E-state index contributed by atoms with van der Waals surface area (Å²) in [7, 11) is 0. The predicted molar refractivity (Wildman–Crippen MR) is 106 cm³/mol. The van der Waals surface area contributed by atoms with Gasteiger partial charge in [0.05, 0.1) is 11.3 Å². The third-order valence-electron chi connectivity index (χ3n) is 4.88. The van der Waals surface area contributed by atoms with E-state index in [1.807, 2.05) is 49.1 Å². The summed E-state index contributed by atoms with van der Waals surface area (Å²) in [6.45, 7) is 7.17. The second-order valence-electron chi connectivity index (χ2n) is 7.02. The number of para-hydroxylation sites is 2. The number of likely N-dealkylation sites (tertiary alicyclic amines) is 1. The minimum absolute atomic E-state index is 0.0354. The first-order valence-electron chi connectivity index (χ1n) is 9.39. The van der Waals surface area contributed by atoms with Gasteiger partial charge in [0.25, 0.3) is 11.8 Å². The second kappa shape index (κ2) is 8.25. The van der Waals surface area contributed by atoms with E-state index >= 15 is 0 Å². The number of aryl methyl sites for hydroxylation is 2. The molecule has 2 amide bonds. The zero-order valence-corrected chi connectivity index (χ0v) is 16.1. The van der Waals surface area contributed by atoms with Crippen LogP contribution in [0.1, 0.15) is 41.3 Å². The van der Waals surface area contributed by atoms with E-state index in [0.717, 1.165) is 42.8 Å². The Hall–Kier alpha value is -2.82. The number of anilines is 1. The van der Waals surface area contributed by atoms with Crippen molar-refractivity contribution < 1.29 is 14.3 Å². The van der Waals surface area contributed by atoms with Gasteiger partial charge in [-0.2, -0.15) is 0 Å². The van der Waals surface area contributed by atoms with Gasteiger partial charge in [0.2, 0.25) is 0 Å². The van der Waals surface area contributed by atoms with Gasteiger partial charge < -0.3 is 15.0 Å². The number of rotatable bonds is 5. The Bertz CT molecular complexity index is 821. The maximum absolute atomic E-state index is 12.7. The first-order chi connectivity index (χ1) is 13.0. The van der Waals surface area contributed by atoms with Gasteiger partial charge in [0.1, 0.15) is 5.75 Å². The van der Waals surface area contributed by atoms with Crippen molar-refractivity contribution in [3.8, 4) is 5.75 Å². The normalized spacial score (nSPS) is 14.7. The number of nitrogens with zero attached hydrogens (tertiary/aromatic N) is 1. The number of benzene rings is 2. The van der Waals surface area contributed by atoms with Crippen LogP contribution in [0.4, 0.5) is 5.69 Å². The van der Waals surface area contributed by atoms with Crippen LogP contribution in [0.3, 0.4) is 0 Å². The van der Waals surface area contributed by atoms with Gasteiger partial charge in [0, 0.05) is 13.1 Å². The topological polar surface area (TPSA) is 58.6 Å². The molecule has 1 unspecified atom stereocenters. The van der Waals surface area contributed by atoms with Crippen LogP contribution in [-0.4, -0.2) is 35.9 Å². The molecule has 1 N–H and O–H groups in total. The molecule has 0 spiro atoms. The SMILES string of the molecule is Cc1cccc(C)c1OC(C)C(=O)Nc1ccccc1C(=O)N1CCCC1. The van der Waals surface area contributed by atoms with E-state index in [2.05, 4.69) is 5.32 Å². The smallest absolute Gasteiger partial charge is 0.265 e. The summed E-state index contributed by atoms with van der Waals surface area (Å²) in [4.78, 5) is 27.3. The van der Waals surface area contributed by atoms with Crippen molar-refractivity contribution >= 4 is 17.5 Å². The fourth-order valence-corrected chi connectivity index (χ4v) is 3.32. The Morgan fingerprint density at radius 3 is 2.30 bits per heavy atom. The van der Waals surface area contributed by atoms with E-state index in [0.29, 0.717) is 11.3 Å². The predicted octanol–water partition coefficient (Wildman–Crippen LogP) is 3.95. The summed E-state index contributed by atoms with van der Waals surface area (Å²) < 4.78 is 5.90. The second-order valence-corrected chi connectivity index (χ2v) is 7.02. The molecule has 1 aliphatic heterocycles. The zero-order valence-electron chi connectivity index (χ0n) is 16.1. The van der Waals surface area contributed by atoms with E-state index in [9.17, 15) is 9.59 Å². The lowest BCUT2D eigenvalue weighted by molar-refractivity contribution is -0.122. The molecule has 1 fully saturated rings. The van der Waals surface area contributed by atoms with Gasteiger partial charge in [-0.05, 0) is 56.9 Å². The van der Waals surface area contributed by atoms with Crippen LogP contribution in [0.15, 0.2) is 42.5 Å². The number of carbonyl (C=O) groups is 2. The number of hydrogen-bond donors (Lipinski definition) is 1. The van der Waals surface area contributed by atoms with Crippen molar-refractivity contribution in [2.45, 2.75) is 39.7 Å². The van der Waals surface area contributed by atoms with E-state index in [-0.39, 0.29) is 11.8 Å². The molecule has 142 valence electrons. The highest BCUT2D eigenvalue weighted by Gasteiger charge is 2.24. The molecule has 5 nitrogen and oxygen atoms in total. The van der Waals surface area contributed by atoms with Gasteiger partial charge in [-0.25, -0.2) is 0 Å². The summed E-state index contributed by atoms with van der Waals surface area (Å²) in [5.74, 6) is 0.410. The molecule has 0 bridgehead atoms. The van der Waals surface area contributed by atoms with Gasteiger partial charge in [-0.3, -0.25) is 9.59 Å². The molecule has 5 heteroatoms. The van der Waals surface area contributed by atoms with Crippen LogP contribution >= 0.6 is 0 Å². The van der Waals surface area contributed by atoms with Crippen molar-refractivity contribution in [2.75, 3.05) is 18.4 Å². The molecule has 3 rings (SSSR count). The summed E-state index contributed by atoms with van der Waals surface area (Å²) >= 11 is 0. The van der Waals surface area contributed by atoms with Crippen molar-refractivity contribution in [3.05, 3.63) is 59.2 Å². The first-order valence-corrected chi connectivity index (χ1v) is 9.39. The summed E-state index contributed by atoms with van der Waals surface area (Å²) in [6.07, 6.45) is 1.38. The van der Waals surface area contributed by atoms with Gasteiger partial charge >= 0.3 is 0 Å². The van der Waals surface area contributed by atoms with Crippen LogP contribution < -0.4 is 10.1 Å². The molecule has 0 radical (unpaired) electrons. The number of amides is 2. The third-order valence-corrected chi connectivity index (χ3v) is 4.88. The fraction of sp³-hybridized carbons (Fsp3) is 0.364. The lowest BCUT2D eigenvalue weighted by atomic mass is 10.1. The molecular weight excluding hydrogens is 340 g/mol. The van der Waals surface area contributed by atoms with Crippen molar-refractivity contribution in [2.24, 2.45) is 0 Å². The standard InChI is InChI=1S/C22H26N2O3/c1-15-9-8-10-16(2)20(15)27-17(3)21(25)23-19-12-5-4-11-18(19)22(26)24-13-6-7-14-24/h4-5,8-12,17H,6-7,13-14H2,1-3H3,(H,23,25). The van der Waals surface area contributed by atoms with Gasteiger partial charge in [-0.15, -0.1) is 0 Å². The van der Waals surface area contributed by atoms with E-state index in [1.54, 1.807) is 19.1 Å². The molecule has 2 aromatic carbocycles. The number of ether oxygens (including phenoxy) is 1. The Labute approximate surface area is 160 Å². The molecule has 1 aliphatic rings. The highest BCUT2D eigenvalue weighted by atomic mass is 16.5. The Balaban J connectivity index is 1.73. The number of hydrogen-bond acceptors (Lipinski definition) is 3. The summed E-state index contributed by atoms with van der Waals surface area (Å²) in [5, 5.41) is 2.86. The quantitative estimate of drug-likeness (QED) is 0.872. The van der Waals surface area contributed by atoms with Crippen LogP contribution in [0.25, 0.3) is 0 Å². The average molecular weight is 366 g/mol. The van der Waals surface area contributed by atoms with Crippen molar-refractivity contribution in [1.29, 1.82) is 0 Å². The van der Waals surface area contributed by atoms with Crippen molar-refractivity contribution in [1.82, 2.24) is 4.90 Å². The lowest BCUT2D eigenvalue weighted by Crippen LogP contribution is -2.32. The molecular formula is C22H26N2O3. The van der Waals surface area contributed by atoms with E-state index in [4.69, 9.17) is 4.74 Å². The van der Waals surface area contributed by atoms with Gasteiger partial charge in [-0.1, -0.05) is 30.3 Å². The van der Waals surface area contributed by atoms with E-state index < -0.39 is 6.10 Å². The minimum Gasteiger partial charge on any atom is -0.480 e. The molecule has 0 aromatic heterocycles. The van der Waals surface area contributed by atoms with Crippen LogP contribution in [0.2, 0.25) is 0 Å².